The van der Waals surface area contributed by atoms with Gasteiger partial charge in [0.25, 0.3) is 8.68 Å². The Hall–Kier alpha value is -2.23. The van der Waals surface area contributed by atoms with Crippen molar-refractivity contribution in [2.24, 2.45) is 0 Å². The second kappa shape index (κ2) is 9.67. The van der Waals surface area contributed by atoms with Crippen molar-refractivity contribution in [3.8, 4) is 17.2 Å². The molecule has 2 aliphatic heterocycles. The molecule has 0 saturated heterocycles. The summed E-state index contributed by atoms with van der Waals surface area (Å²) in [6.07, 6.45) is -1.00. The predicted molar refractivity (Wildman–Crippen MR) is 146 cm³/mol. The number of aliphatic hydroxyl groups excluding tert-OH is 1. The summed E-state index contributed by atoms with van der Waals surface area (Å²) in [6.45, 7) is 21.3. The minimum Gasteiger partial charge on any atom is -0.543 e. The van der Waals surface area contributed by atoms with E-state index < -0.39 is 23.3 Å². The Morgan fingerprint density at radius 3 is 2.17 bits per heavy atom. The van der Waals surface area contributed by atoms with Crippen LogP contribution in [0.3, 0.4) is 0 Å². The first kappa shape index (κ1) is 27.4. The lowest BCUT2D eigenvalue weighted by atomic mass is 9.89. The highest BCUT2D eigenvalue weighted by atomic mass is 28.4. The minimum absolute atomic E-state index is 0.0463. The molecule has 0 radical (unpaired) electrons. The fraction of sp³-hybridized carbons (Fsp3) is 0.500. The third-order valence-electron chi connectivity index (χ3n) is 7.12. The quantitative estimate of drug-likeness (QED) is 0.430. The molecular formula is C28H40O5Si2. The first-order valence-corrected chi connectivity index (χ1v) is 17.0. The van der Waals surface area contributed by atoms with Crippen molar-refractivity contribution in [1.29, 1.82) is 0 Å². The summed E-state index contributed by atoms with van der Waals surface area (Å²) in [5.74, 6) is 2.25. The van der Waals surface area contributed by atoms with Crippen molar-refractivity contribution in [3.05, 3.63) is 53.1 Å². The molecule has 0 aliphatic carbocycles. The second-order valence-electron chi connectivity index (χ2n) is 12.0. The van der Waals surface area contributed by atoms with E-state index in [1.54, 1.807) is 6.55 Å². The molecule has 1 unspecified atom stereocenters. The van der Waals surface area contributed by atoms with Gasteiger partial charge >= 0.3 is 0 Å². The maximum Gasteiger partial charge on any atom is 0.278 e. The SMILES string of the molecule is C[Si](=O)C(C)(C)C.Cc1ccc2c(c1)OC(O)C1=C2COc2cc(O[Si](C)(C)C(C)(C)C)ccc21. The molecule has 0 spiro atoms. The van der Waals surface area contributed by atoms with E-state index in [0.29, 0.717) is 12.4 Å². The summed E-state index contributed by atoms with van der Waals surface area (Å²) >= 11 is 0. The van der Waals surface area contributed by atoms with E-state index in [9.17, 15) is 9.57 Å². The minimum atomic E-state index is -1.93. The van der Waals surface area contributed by atoms with Crippen molar-refractivity contribution in [3.63, 3.8) is 0 Å². The third-order valence-corrected chi connectivity index (χ3v) is 13.6. The lowest BCUT2D eigenvalue weighted by molar-refractivity contribution is 0.0303. The average molecular weight is 513 g/mol. The highest BCUT2D eigenvalue weighted by Crippen LogP contribution is 2.47. The second-order valence-corrected chi connectivity index (χ2v) is 19.3. The van der Waals surface area contributed by atoms with E-state index in [1.807, 2.05) is 58.0 Å². The molecule has 4 rings (SSSR count). The van der Waals surface area contributed by atoms with Gasteiger partial charge in [-0.3, -0.25) is 0 Å². The molecule has 7 heteroatoms. The van der Waals surface area contributed by atoms with Gasteiger partial charge in [-0.2, -0.15) is 0 Å². The Bertz CT molecular complexity index is 1150. The summed E-state index contributed by atoms with van der Waals surface area (Å²) in [7, 11) is -3.23. The molecule has 0 saturated carbocycles. The third kappa shape index (κ3) is 5.96. The Kier molecular flexibility index (Phi) is 7.56. The molecule has 1 atom stereocenters. The van der Waals surface area contributed by atoms with E-state index in [-0.39, 0.29) is 10.1 Å². The number of ether oxygens (including phenoxy) is 2. The van der Waals surface area contributed by atoms with Crippen LogP contribution in [0.5, 0.6) is 17.2 Å². The smallest absolute Gasteiger partial charge is 0.278 e. The number of aliphatic hydroxyl groups is 1. The first-order chi connectivity index (χ1) is 16.0. The molecule has 0 fully saturated rings. The van der Waals surface area contributed by atoms with E-state index in [2.05, 4.69) is 39.9 Å². The van der Waals surface area contributed by atoms with E-state index in [4.69, 9.17) is 13.9 Å². The van der Waals surface area contributed by atoms with Crippen LogP contribution in [0.25, 0.3) is 11.1 Å². The zero-order chi connectivity index (χ0) is 26.3. The standard InChI is InChI=1S/C23H28O4Si.C5H12OSi/c1-14-7-9-16-18-13-25-19-12-15(27-28(5,6)23(2,3)4)8-10-17(19)21(18)22(24)26-20(16)11-14;1-5(2,3)7(4)6/h7-12,22,24H,13H2,1-6H3;1-4H3. The molecular weight excluding hydrogens is 472 g/mol. The fourth-order valence-electron chi connectivity index (χ4n) is 3.41. The molecule has 0 aromatic heterocycles. The molecule has 5 nitrogen and oxygen atoms in total. The van der Waals surface area contributed by atoms with Crippen LogP contribution in [0.2, 0.25) is 29.7 Å². The summed E-state index contributed by atoms with van der Waals surface area (Å²) in [5, 5.41) is 10.9. The molecule has 190 valence electrons. The zero-order valence-electron chi connectivity index (χ0n) is 22.8. The van der Waals surface area contributed by atoms with Crippen LogP contribution in [-0.4, -0.2) is 35.0 Å². The largest absolute Gasteiger partial charge is 0.543 e. The first-order valence-electron chi connectivity index (χ1n) is 12.2. The highest BCUT2D eigenvalue weighted by Gasteiger charge is 2.39. The van der Waals surface area contributed by atoms with Gasteiger partial charge < -0.3 is 23.5 Å². The van der Waals surface area contributed by atoms with Crippen LogP contribution in [0.15, 0.2) is 36.4 Å². The van der Waals surface area contributed by atoms with Gasteiger partial charge in [0.1, 0.15) is 23.9 Å². The van der Waals surface area contributed by atoms with Gasteiger partial charge in [0.2, 0.25) is 14.6 Å². The normalized spacial score (nSPS) is 17.1. The summed E-state index contributed by atoms with van der Waals surface area (Å²) < 4.78 is 29.0. The Balaban J connectivity index is 0.000000429. The van der Waals surface area contributed by atoms with Crippen molar-refractivity contribution in [1.82, 2.24) is 0 Å². The summed E-state index contributed by atoms with van der Waals surface area (Å²) in [5.41, 5.74) is 4.72. The number of rotatable bonds is 2. The van der Waals surface area contributed by atoms with Gasteiger partial charge in [-0.05, 0) is 55.4 Å². The fourth-order valence-corrected chi connectivity index (χ4v) is 4.43. The van der Waals surface area contributed by atoms with Gasteiger partial charge in [-0.1, -0.05) is 53.7 Å². The summed E-state index contributed by atoms with van der Waals surface area (Å²) in [4.78, 5) is 0. The van der Waals surface area contributed by atoms with Crippen molar-refractivity contribution in [2.45, 2.75) is 84.5 Å². The van der Waals surface area contributed by atoms with E-state index in [1.165, 1.54) is 0 Å². The van der Waals surface area contributed by atoms with Crippen molar-refractivity contribution >= 4 is 28.1 Å². The molecule has 1 N–H and O–H groups in total. The number of hydrogen-bond donors (Lipinski definition) is 1. The average Bonchev–Trinajstić information content (AvgIpc) is 2.71. The molecule has 2 aromatic carbocycles. The van der Waals surface area contributed by atoms with E-state index in [0.717, 1.165) is 39.3 Å². The van der Waals surface area contributed by atoms with Crippen molar-refractivity contribution in [2.75, 3.05) is 6.61 Å². The van der Waals surface area contributed by atoms with Gasteiger partial charge in [0.15, 0.2) is 0 Å². The maximum absolute atomic E-state index is 10.7. The maximum atomic E-state index is 10.7. The summed E-state index contributed by atoms with van der Waals surface area (Å²) in [6, 6.07) is 11.9. The van der Waals surface area contributed by atoms with Gasteiger partial charge in [-0.25, -0.2) is 0 Å². The van der Waals surface area contributed by atoms with Crippen LogP contribution < -0.4 is 13.9 Å². The highest BCUT2D eigenvalue weighted by molar-refractivity contribution is 6.74. The van der Waals surface area contributed by atoms with Crippen LogP contribution in [0, 0.1) is 6.92 Å². The van der Waals surface area contributed by atoms with Gasteiger partial charge in [-0.15, -0.1) is 0 Å². The number of benzene rings is 2. The van der Waals surface area contributed by atoms with Gasteiger partial charge in [0, 0.05) is 33.4 Å². The van der Waals surface area contributed by atoms with E-state index >= 15 is 0 Å². The number of hydrogen-bond acceptors (Lipinski definition) is 5. The molecule has 35 heavy (non-hydrogen) atoms. The molecule has 0 bridgehead atoms. The van der Waals surface area contributed by atoms with Crippen LogP contribution in [0.1, 0.15) is 58.2 Å². The molecule has 2 aromatic rings. The Morgan fingerprint density at radius 2 is 1.60 bits per heavy atom. The molecule has 2 heterocycles. The molecule has 0 amide bonds. The van der Waals surface area contributed by atoms with Crippen LogP contribution >= 0.6 is 0 Å². The van der Waals surface area contributed by atoms with Crippen molar-refractivity contribution < 1.29 is 23.5 Å². The van der Waals surface area contributed by atoms with Crippen LogP contribution in [-0.2, 0) is 4.46 Å². The number of aryl methyl sites for hydroxylation is 1. The van der Waals surface area contributed by atoms with Gasteiger partial charge in [0.05, 0.1) is 0 Å². The number of fused-ring (bicyclic) bond motifs is 4. The zero-order valence-corrected chi connectivity index (χ0v) is 24.8. The lowest BCUT2D eigenvalue weighted by Gasteiger charge is -2.37. The lowest BCUT2D eigenvalue weighted by Crippen LogP contribution is -2.43. The Morgan fingerprint density at radius 1 is 1.00 bits per heavy atom. The predicted octanol–water partition coefficient (Wildman–Crippen LogP) is 7.23. The molecule has 2 aliphatic rings. The topological polar surface area (TPSA) is 65.0 Å². The van der Waals surface area contributed by atoms with Crippen LogP contribution in [0.4, 0.5) is 0 Å². The Labute approximate surface area is 212 Å². The monoisotopic (exact) mass is 512 g/mol.